The minimum atomic E-state index is -3.42. The molecule has 0 saturated carbocycles. The highest BCUT2D eigenvalue weighted by atomic mass is 79.9. The standard InChI is InChI=1S/C12H18BrNO2S/c1-3-12(2,9-10-13)14-17(15,16)11-7-5-4-6-8-11/h4-8,14H,3,9-10H2,1-2H3. The number of hydrogen-bond acceptors (Lipinski definition) is 2. The van der Waals surface area contributed by atoms with Crippen LogP contribution < -0.4 is 4.72 Å². The third-order valence-corrected chi connectivity index (χ3v) is 4.91. The van der Waals surface area contributed by atoms with Crippen molar-refractivity contribution in [1.82, 2.24) is 4.72 Å². The van der Waals surface area contributed by atoms with Gasteiger partial charge in [-0.2, -0.15) is 0 Å². The van der Waals surface area contributed by atoms with Crippen LogP contribution in [0.1, 0.15) is 26.7 Å². The van der Waals surface area contributed by atoms with E-state index >= 15 is 0 Å². The van der Waals surface area contributed by atoms with Gasteiger partial charge >= 0.3 is 0 Å². The number of alkyl halides is 1. The fourth-order valence-electron chi connectivity index (χ4n) is 1.49. The van der Waals surface area contributed by atoms with Crippen LogP contribution >= 0.6 is 15.9 Å². The maximum absolute atomic E-state index is 12.2. The molecule has 0 amide bonds. The molecule has 0 spiro atoms. The van der Waals surface area contributed by atoms with Gasteiger partial charge in [0.15, 0.2) is 0 Å². The van der Waals surface area contributed by atoms with E-state index in [1.807, 2.05) is 13.8 Å². The molecule has 0 aromatic heterocycles. The third kappa shape index (κ3) is 4.08. The molecule has 0 radical (unpaired) electrons. The van der Waals surface area contributed by atoms with Crippen LogP contribution in [0, 0.1) is 0 Å². The maximum atomic E-state index is 12.2. The Morgan fingerprint density at radius 2 is 1.88 bits per heavy atom. The van der Waals surface area contributed by atoms with Crippen LogP contribution in [-0.2, 0) is 10.0 Å². The molecule has 1 unspecified atom stereocenters. The van der Waals surface area contributed by atoms with Gasteiger partial charge in [0.1, 0.15) is 0 Å². The fourth-order valence-corrected chi connectivity index (χ4v) is 3.90. The van der Waals surface area contributed by atoms with Crippen LogP contribution in [0.15, 0.2) is 35.2 Å². The lowest BCUT2D eigenvalue weighted by molar-refractivity contribution is 0.392. The van der Waals surface area contributed by atoms with Crippen LogP contribution in [0.25, 0.3) is 0 Å². The molecule has 0 aliphatic carbocycles. The lowest BCUT2D eigenvalue weighted by Gasteiger charge is -2.28. The van der Waals surface area contributed by atoms with Gasteiger partial charge in [0.25, 0.3) is 0 Å². The Hall–Kier alpha value is -0.390. The molecule has 1 rings (SSSR count). The quantitative estimate of drug-likeness (QED) is 0.819. The van der Waals surface area contributed by atoms with Crippen molar-refractivity contribution in [2.24, 2.45) is 0 Å². The molecule has 1 atom stereocenters. The van der Waals surface area contributed by atoms with Crippen molar-refractivity contribution in [3.8, 4) is 0 Å². The van der Waals surface area contributed by atoms with Gasteiger partial charge < -0.3 is 0 Å². The number of nitrogens with one attached hydrogen (secondary N) is 1. The Morgan fingerprint density at radius 1 is 1.29 bits per heavy atom. The smallest absolute Gasteiger partial charge is 0.207 e. The Balaban J connectivity index is 2.94. The van der Waals surface area contributed by atoms with Gasteiger partial charge in [0, 0.05) is 10.9 Å². The largest absolute Gasteiger partial charge is 0.241 e. The average Bonchev–Trinajstić information content (AvgIpc) is 2.30. The average molecular weight is 320 g/mol. The van der Waals surface area contributed by atoms with Gasteiger partial charge in [-0.1, -0.05) is 41.1 Å². The summed E-state index contributed by atoms with van der Waals surface area (Å²) < 4.78 is 27.1. The summed E-state index contributed by atoms with van der Waals surface area (Å²) in [6.45, 7) is 3.91. The van der Waals surface area contributed by atoms with E-state index < -0.39 is 15.6 Å². The predicted molar refractivity (Wildman–Crippen MR) is 73.9 cm³/mol. The first-order valence-electron chi connectivity index (χ1n) is 5.58. The molecule has 1 N–H and O–H groups in total. The van der Waals surface area contributed by atoms with E-state index in [4.69, 9.17) is 0 Å². The summed E-state index contributed by atoms with van der Waals surface area (Å²) in [5.74, 6) is 0. The maximum Gasteiger partial charge on any atom is 0.241 e. The van der Waals surface area contributed by atoms with Crippen molar-refractivity contribution in [3.05, 3.63) is 30.3 Å². The minimum Gasteiger partial charge on any atom is -0.207 e. The summed E-state index contributed by atoms with van der Waals surface area (Å²) in [5, 5.41) is 0.772. The Kier molecular flexibility index (Phi) is 5.16. The first-order chi connectivity index (χ1) is 7.93. The molecule has 0 heterocycles. The lowest BCUT2D eigenvalue weighted by atomic mass is 9.98. The highest BCUT2D eigenvalue weighted by Crippen LogP contribution is 2.20. The van der Waals surface area contributed by atoms with Gasteiger partial charge in [0.05, 0.1) is 4.90 Å². The van der Waals surface area contributed by atoms with E-state index in [-0.39, 0.29) is 0 Å². The molecule has 1 aromatic carbocycles. The summed E-state index contributed by atoms with van der Waals surface area (Å²) in [7, 11) is -3.42. The second kappa shape index (κ2) is 5.98. The molecule has 5 heteroatoms. The molecular weight excluding hydrogens is 302 g/mol. The van der Waals surface area contributed by atoms with Crippen LogP contribution in [0.3, 0.4) is 0 Å². The second-order valence-electron chi connectivity index (χ2n) is 4.27. The minimum absolute atomic E-state index is 0.314. The highest BCUT2D eigenvalue weighted by Gasteiger charge is 2.28. The molecule has 0 bridgehead atoms. The SMILES string of the molecule is CCC(C)(CCBr)NS(=O)(=O)c1ccccc1. The Morgan fingerprint density at radius 3 is 2.35 bits per heavy atom. The summed E-state index contributed by atoms with van der Waals surface area (Å²) in [6.07, 6.45) is 1.51. The van der Waals surface area contributed by atoms with Gasteiger partial charge in [-0.25, -0.2) is 13.1 Å². The topological polar surface area (TPSA) is 46.2 Å². The zero-order valence-electron chi connectivity index (χ0n) is 10.1. The first kappa shape index (κ1) is 14.7. The summed E-state index contributed by atoms with van der Waals surface area (Å²) in [4.78, 5) is 0.314. The van der Waals surface area contributed by atoms with Crippen LogP contribution in [0.4, 0.5) is 0 Å². The Bertz CT molecular complexity index is 447. The van der Waals surface area contributed by atoms with Gasteiger partial charge in [-0.15, -0.1) is 0 Å². The number of benzene rings is 1. The zero-order chi connectivity index (χ0) is 12.9. The van der Waals surface area contributed by atoms with Crippen molar-refractivity contribution in [1.29, 1.82) is 0 Å². The third-order valence-electron chi connectivity index (χ3n) is 2.86. The van der Waals surface area contributed by atoms with Gasteiger partial charge in [0.2, 0.25) is 10.0 Å². The Labute approximate surface area is 112 Å². The number of sulfonamides is 1. The molecule has 1 aromatic rings. The molecule has 0 aliphatic rings. The highest BCUT2D eigenvalue weighted by molar-refractivity contribution is 9.09. The second-order valence-corrected chi connectivity index (χ2v) is 6.75. The number of halogens is 1. The molecular formula is C12H18BrNO2S. The number of rotatable bonds is 6. The monoisotopic (exact) mass is 319 g/mol. The molecule has 17 heavy (non-hydrogen) atoms. The van der Waals surface area contributed by atoms with E-state index in [1.165, 1.54) is 0 Å². The van der Waals surface area contributed by atoms with Crippen molar-refractivity contribution in [2.45, 2.75) is 37.1 Å². The normalized spacial score (nSPS) is 15.5. The zero-order valence-corrected chi connectivity index (χ0v) is 12.5. The molecule has 3 nitrogen and oxygen atoms in total. The van der Waals surface area contributed by atoms with Crippen molar-refractivity contribution < 1.29 is 8.42 Å². The van der Waals surface area contributed by atoms with Gasteiger partial charge in [-0.05, 0) is 31.9 Å². The van der Waals surface area contributed by atoms with Crippen molar-refractivity contribution >= 4 is 26.0 Å². The lowest BCUT2D eigenvalue weighted by Crippen LogP contribution is -2.45. The van der Waals surface area contributed by atoms with Gasteiger partial charge in [-0.3, -0.25) is 0 Å². The number of hydrogen-bond donors (Lipinski definition) is 1. The molecule has 0 fully saturated rings. The van der Waals surface area contributed by atoms with Crippen LogP contribution in [0.2, 0.25) is 0 Å². The summed E-state index contributed by atoms with van der Waals surface area (Å²) in [5.41, 5.74) is -0.405. The fraction of sp³-hybridized carbons (Fsp3) is 0.500. The van der Waals surface area contributed by atoms with E-state index in [2.05, 4.69) is 20.7 Å². The van der Waals surface area contributed by atoms with Crippen molar-refractivity contribution in [3.63, 3.8) is 0 Å². The van der Waals surface area contributed by atoms with Crippen molar-refractivity contribution in [2.75, 3.05) is 5.33 Å². The summed E-state index contributed by atoms with van der Waals surface area (Å²) in [6, 6.07) is 8.46. The molecule has 0 saturated heterocycles. The van der Waals surface area contributed by atoms with Crippen LogP contribution in [-0.4, -0.2) is 19.3 Å². The van der Waals surface area contributed by atoms with E-state index in [1.54, 1.807) is 30.3 Å². The molecule has 96 valence electrons. The summed E-state index contributed by atoms with van der Waals surface area (Å²) >= 11 is 3.35. The van der Waals surface area contributed by atoms with E-state index in [0.29, 0.717) is 4.90 Å². The predicted octanol–water partition coefficient (Wildman–Crippen LogP) is 2.92. The van der Waals surface area contributed by atoms with Crippen LogP contribution in [0.5, 0.6) is 0 Å². The van der Waals surface area contributed by atoms with E-state index in [0.717, 1.165) is 18.2 Å². The molecule has 0 aliphatic heterocycles. The van der Waals surface area contributed by atoms with E-state index in [9.17, 15) is 8.42 Å². The first-order valence-corrected chi connectivity index (χ1v) is 8.19.